The molecular formula is C14H22O6. The van der Waals surface area contributed by atoms with Gasteiger partial charge in [-0.3, -0.25) is 0 Å². The topological polar surface area (TPSA) is 107 Å². The van der Waals surface area contributed by atoms with Gasteiger partial charge in [0.15, 0.2) is 6.29 Å². The Morgan fingerprint density at radius 1 is 1.45 bits per heavy atom. The maximum absolute atomic E-state index is 11.9. The predicted molar refractivity (Wildman–Crippen MR) is 73.8 cm³/mol. The second-order valence-corrected chi connectivity index (χ2v) is 4.34. The molecule has 1 heterocycles. The summed E-state index contributed by atoms with van der Waals surface area (Å²) in [5.41, 5.74) is 0.366. The lowest BCUT2D eigenvalue weighted by Gasteiger charge is -2.34. The van der Waals surface area contributed by atoms with Gasteiger partial charge in [0.25, 0.3) is 0 Å². The minimum Gasteiger partial charge on any atom is -0.456 e. The van der Waals surface area contributed by atoms with E-state index in [9.17, 15) is 15.0 Å². The van der Waals surface area contributed by atoms with E-state index in [1.807, 2.05) is 0 Å². The third-order valence-corrected chi connectivity index (χ3v) is 2.82. The fourth-order valence-electron chi connectivity index (χ4n) is 1.79. The molecule has 0 spiro atoms. The van der Waals surface area contributed by atoms with Crippen LogP contribution in [0.1, 0.15) is 20.3 Å². The highest BCUT2D eigenvalue weighted by molar-refractivity contribution is 5.92. The molecule has 1 saturated heterocycles. The van der Waals surface area contributed by atoms with Gasteiger partial charge in [-0.25, -0.2) is 4.79 Å². The van der Waals surface area contributed by atoms with E-state index in [0.717, 1.165) is 0 Å². The van der Waals surface area contributed by atoms with E-state index in [-0.39, 0.29) is 11.9 Å². The molecule has 4 unspecified atom stereocenters. The SMILES string of the molecule is C=C/C=C(\C=C/C)C(=O)OC1CC(O)C(O)OC1C.O. The maximum atomic E-state index is 11.9. The highest BCUT2D eigenvalue weighted by atomic mass is 16.6. The quantitative estimate of drug-likeness (QED) is 0.437. The van der Waals surface area contributed by atoms with Crippen LogP contribution in [-0.2, 0) is 14.3 Å². The first-order valence-corrected chi connectivity index (χ1v) is 6.17. The summed E-state index contributed by atoms with van der Waals surface area (Å²) >= 11 is 0. The normalized spacial score (nSPS) is 30.7. The zero-order valence-electron chi connectivity index (χ0n) is 11.7. The van der Waals surface area contributed by atoms with Gasteiger partial charge in [0.2, 0.25) is 0 Å². The fourth-order valence-corrected chi connectivity index (χ4v) is 1.79. The maximum Gasteiger partial charge on any atom is 0.338 e. The Labute approximate surface area is 118 Å². The molecule has 0 bridgehead atoms. The van der Waals surface area contributed by atoms with Crippen LogP contribution in [0, 0.1) is 0 Å². The summed E-state index contributed by atoms with van der Waals surface area (Å²) in [5, 5.41) is 18.8. The molecule has 4 atom stereocenters. The number of carbonyl (C=O) groups is 1. The summed E-state index contributed by atoms with van der Waals surface area (Å²) in [4.78, 5) is 11.9. The van der Waals surface area contributed by atoms with Gasteiger partial charge in [-0.05, 0) is 19.9 Å². The lowest BCUT2D eigenvalue weighted by atomic mass is 10.0. The zero-order chi connectivity index (χ0) is 14.4. The van der Waals surface area contributed by atoms with Crippen molar-refractivity contribution in [3.8, 4) is 0 Å². The van der Waals surface area contributed by atoms with E-state index in [4.69, 9.17) is 9.47 Å². The second-order valence-electron chi connectivity index (χ2n) is 4.34. The zero-order valence-corrected chi connectivity index (χ0v) is 11.7. The van der Waals surface area contributed by atoms with E-state index in [1.165, 1.54) is 6.08 Å². The number of rotatable bonds is 4. The van der Waals surface area contributed by atoms with Gasteiger partial charge >= 0.3 is 5.97 Å². The Kier molecular flexibility index (Phi) is 8.02. The molecule has 4 N–H and O–H groups in total. The third kappa shape index (κ3) is 4.90. The molecule has 1 rings (SSSR count). The third-order valence-electron chi connectivity index (χ3n) is 2.82. The molecule has 6 nitrogen and oxygen atoms in total. The van der Waals surface area contributed by atoms with Gasteiger partial charge < -0.3 is 25.2 Å². The standard InChI is InChI=1S/C14H20O5.H2O/c1-4-6-10(7-5-2)13(16)19-12-8-11(15)14(17)18-9(12)3;/h4-7,9,11-12,14-15,17H,1,8H2,2-3H3;1H2/b7-5-,10-6+;. The molecule has 20 heavy (non-hydrogen) atoms. The van der Waals surface area contributed by atoms with Gasteiger partial charge in [0.1, 0.15) is 12.2 Å². The van der Waals surface area contributed by atoms with Crippen LogP contribution in [0.5, 0.6) is 0 Å². The average molecular weight is 286 g/mol. The number of carbonyl (C=O) groups excluding carboxylic acids is 1. The molecule has 0 radical (unpaired) electrons. The van der Waals surface area contributed by atoms with Crippen LogP contribution in [0.15, 0.2) is 36.5 Å². The molecular weight excluding hydrogens is 264 g/mol. The summed E-state index contributed by atoms with van der Waals surface area (Å²) < 4.78 is 10.4. The largest absolute Gasteiger partial charge is 0.456 e. The predicted octanol–water partition coefficient (Wildman–Crippen LogP) is 0.250. The van der Waals surface area contributed by atoms with Crippen molar-refractivity contribution in [1.82, 2.24) is 0 Å². The summed E-state index contributed by atoms with van der Waals surface area (Å²) in [6, 6.07) is 0. The molecule has 0 amide bonds. The van der Waals surface area contributed by atoms with Crippen molar-refractivity contribution in [2.75, 3.05) is 0 Å². The van der Waals surface area contributed by atoms with Crippen molar-refractivity contribution in [1.29, 1.82) is 0 Å². The Balaban J connectivity index is 0.00000361. The van der Waals surface area contributed by atoms with Crippen molar-refractivity contribution in [3.63, 3.8) is 0 Å². The van der Waals surface area contributed by atoms with E-state index >= 15 is 0 Å². The van der Waals surface area contributed by atoms with Crippen molar-refractivity contribution < 1.29 is 30.0 Å². The number of hydrogen-bond donors (Lipinski definition) is 2. The van der Waals surface area contributed by atoms with Gasteiger partial charge in [0, 0.05) is 6.42 Å². The Bertz CT molecular complexity index is 387. The van der Waals surface area contributed by atoms with Crippen molar-refractivity contribution in [3.05, 3.63) is 36.5 Å². The number of esters is 1. The molecule has 0 aliphatic carbocycles. The fraction of sp³-hybridized carbons (Fsp3) is 0.500. The van der Waals surface area contributed by atoms with Crippen LogP contribution in [0.3, 0.4) is 0 Å². The number of allylic oxidation sites excluding steroid dienone is 3. The molecule has 1 fully saturated rings. The van der Waals surface area contributed by atoms with Crippen LogP contribution in [-0.4, -0.2) is 46.3 Å². The molecule has 0 aromatic carbocycles. The van der Waals surface area contributed by atoms with Crippen molar-refractivity contribution in [2.45, 2.75) is 44.9 Å². The van der Waals surface area contributed by atoms with Gasteiger partial charge in [0.05, 0.1) is 11.7 Å². The van der Waals surface area contributed by atoms with Crippen LogP contribution in [0.2, 0.25) is 0 Å². The first-order chi connectivity index (χ1) is 8.99. The van der Waals surface area contributed by atoms with E-state index in [2.05, 4.69) is 6.58 Å². The van der Waals surface area contributed by atoms with Crippen LogP contribution in [0.4, 0.5) is 0 Å². The minimum absolute atomic E-state index is 0. The summed E-state index contributed by atoms with van der Waals surface area (Å²) in [7, 11) is 0. The number of aliphatic hydroxyl groups is 2. The van der Waals surface area contributed by atoms with Crippen molar-refractivity contribution >= 4 is 5.97 Å². The summed E-state index contributed by atoms with van der Waals surface area (Å²) in [6.07, 6.45) is 3.16. The minimum atomic E-state index is -1.23. The summed E-state index contributed by atoms with van der Waals surface area (Å²) in [6.45, 7) is 7.00. The number of hydrogen-bond acceptors (Lipinski definition) is 5. The first kappa shape index (κ1) is 18.5. The second kappa shape index (κ2) is 8.65. The van der Waals surface area contributed by atoms with Gasteiger partial charge in [-0.15, -0.1) is 0 Å². The first-order valence-electron chi connectivity index (χ1n) is 6.17. The van der Waals surface area contributed by atoms with Crippen molar-refractivity contribution in [2.24, 2.45) is 0 Å². The monoisotopic (exact) mass is 286 g/mol. The highest BCUT2D eigenvalue weighted by Crippen LogP contribution is 2.22. The molecule has 114 valence electrons. The highest BCUT2D eigenvalue weighted by Gasteiger charge is 2.36. The number of aliphatic hydroxyl groups excluding tert-OH is 2. The average Bonchev–Trinajstić information content (AvgIpc) is 2.35. The van der Waals surface area contributed by atoms with Crippen LogP contribution >= 0.6 is 0 Å². The smallest absolute Gasteiger partial charge is 0.338 e. The lowest BCUT2D eigenvalue weighted by molar-refractivity contribution is -0.245. The molecule has 1 aliphatic rings. The lowest BCUT2D eigenvalue weighted by Crippen LogP contribution is -2.47. The van der Waals surface area contributed by atoms with Crippen LogP contribution in [0.25, 0.3) is 0 Å². The van der Waals surface area contributed by atoms with Crippen LogP contribution < -0.4 is 0 Å². The Morgan fingerprint density at radius 3 is 2.65 bits per heavy atom. The number of ether oxygens (including phenoxy) is 2. The molecule has 0 aromatic heterocycles. The Morgan fingerprint density at radius 2 is 2.10 bits per heavy atom. The molecule has 1 aliphatic heterocycles. The molecule has 6 heteroatoms. The molecule has 0 saturated carbocycles. The van der Waals surface area contributed by atoms with Gasteiger partial charge in [-0.1, -0.05) is 24.8 Å². The summed E-state index contributed by atoms with van der Waals surface area (Å²) in [5.74, 6) is -0.512. The van der Waals surface area contributed by atoms with Gasteiger partial charge in [-0.2, -0.15) is 0 Å². The Hall–Kier alpha value is -1.47. The van der Waals surface area contributed by atoms with E-state index in [0.29, 0.717) is 5.57 Å². The van der Waals surface area contributed by atoms with E-state index < -0.39 is 30.6 Å². The molecule has 0 aromatic rings. The van der Waals surface area contributed by atoms with E-state index in [1.54, 1.807) is 32.1 Å².